The zero-order valence-electron chi connectivity index (χ0n) is 18.6. The van der Waals surface area contributed by atoms with Gasteiger partial charge in [-0.25, -0.2) is 4.79 Å². The number of hydrogen-bond donors (Lipinski definition) is 2. The molecular formula is C21H26N6O3S2. The average Bonchev–Trinajstić information content (AvgIpc) is 3.19. The quantitative estimate of drug-likeness (QED) is 0.377. The van der Waals surface area contributed by atoms with Gasteiger partial charge >= 0.3 is 5.69 Å². The molecule has 2 aromatic heterocycles. The summed E-state index contributed by atoms with van der Waals surface area (Å²) in [7, 11) is 1.35. The van der Waals surface area contributed by atoms with Crippen LogP contribution in [0.1, 0.15) is 35.3 Å². The molecule has 0 aliphatic heterocycles. The molecule has 0 saturated carbocycles. The fourth-order valence-corrected chi connectivity index (χ4v) is 4.74. The Kier molecular flexibility index (Phi) is 7.19. The number of carbonyl (C=O) groups excluding carboxylic acids is 1. The number of nitrogens with zero attached hydrogens (tertiary/aromatic N) is 4. The van der Waals surface area contributed by atoms with Gasteiger partial charge in [0.1, 0.15) is 11.4 Å². The van der Waals surface area contributed by atoms with E-state index in [0.29, 0.717) is 16.0 Å². The number of nitrogens with two attached hydrogens (primary N) is 1. The van der Waals surface area contributed by atoms with Gasteiger partial charge in [-0.15, -0.1) is 10.2 Å². The summed E-state index contributed by atoms with van der Waals surface area (Å²) in [5.74, 6) is -0.469. The Morgan fingerprint density at radius 1 is 1.25 bits per heavy atom. The van der Waals surface area contributed by atoms with E-state index in [-0.39, 0.29) is 23.1 Å². The molecule has 11 heteroatoms. The van der Waals surface area contributed by atoms with Crippen molar-refractivity contribution >= 4 is 45.5 Å². The second kappa shape index (κ2) is 9.70. The van der Waals surface area contributed by atoms with Crippen LogP contribution < -0.4 is 22.3 Å². The second-order valence-corrected chi connectivity index (χ2v) is 10.1. The minimum Gasteiger partial charge on any atom is -0.384 e. The number of aryl methyl sites for hydroxylation is 1. The second-order valence-electron chi connectivity index (χ2n) is 7.87. The summed E-state index contributed by atoms with van der Waals surface area (Å²) in [6.07, 6.45) is 0. The first-order valence-corrected chi connectivity index (χ1v) is 11.8. The lowest BCUT2D eigenvalue weighted by atomic mass is 10.1. The Bertz CT molecular complexity index is 1280. The molecule has 0 aliphatic rings. The van der Waals surface area contributed by atoms with Crippen LogP contribution >= 0.6 is 23.1 Å². The molecule has 0 radical (unpaired) electrons. The van der Waals surface area contributed by atoms with Gasteiger partial charge in [-0.3, -0.25) is 18.7 Å². The molecule has 2 heterocycles. The predicted octanol–water partition coefficient (Wildman–Crippen LogP) is 2.97. The van der Waals surface area contributed by atoms with Gasteiger partial charge in [0.2, 0.25) is 5.13 Å². The summed E-state index contributed by atoms with van der Waals surface area (Å²) < 4.78 is 2.78. The zero-order valence-corrected chi connectivity index (χ0v) is 20.3. The molecule has 0 unspecified atom stereocenters. The summed E-state index contributed by atoms with van der Waals surface area (Å²) >= 11 is 2.49. The molecule has 170 valence electrons. The van der Waals surface area contributed by atoms with Crippen LogP contribution in [0.3, 0.4) is 0 Å². The Balaban J connectivity index is 1.77. The molecule has 3 aromatic rings. The zero-order chi connectivity index (χ0) is 23.6. The van der Waals surface area contributed by atoms with Crippen molar-refractivity contribution in [3.8, 4) is 0 Å². The fourth-order valence-electron chi connectivity index (χ4n) is 3.11. The average molecular weight is 475 g/mol. The molecular weight excluding hydrogens is 448 g/mol. The van der Waals surface area contributed by atoms with Crippen LogP contribution in [-0.4, -0.2) is 30.9 Å². The van der Waals surface area contributed by atoms with Gasteiger partial charge < -0.3 is 11.1 Å². The van der Waals surface area contributed by atoms with Gasteiger partial charge in [-0.1, -0.05) is 49.1 Å². The lowest BCUT2D eigenvalue weighted by Crippen LogP contribution is -2.43. The molecule has 0 saturated heterocycles. The van der Waals surface area contributed by atoms with Crippen molar-refractivity contribution in [2.75, 3.05) is 16.8 Å². The normalized spacial score (nSPS) is 11.2. The van der Waals surface area contributed by atoms with Gasteiger partial charge in [-0.2, -0.15) is 0 Å². The van der Waals surface area contributed by atoms with Gasteiger partial charge in [-0.05, 0) is 37.0 Å². The molecule has 3 rings (SSSR count). The maximum Gasteiger partial charge on any atom is 0.332 e. The van der Waals surface area contributed by atoms with Crippen LogP contribution in [0.15, 0.2) is 32.1 Å². The maximum absolute atomic E-state index is 12.9. The first-order valence-electron chi connectivity index (χ1n) is 10.0. The minimum atomic E-state index is -0.687. The van der Waals surface area contributed by atoms with E-state index in [4.69, 9.17) is 5.73 Å². The Morgan fingerprint density at radius 2 is 1.97 bits per heavy atom. The number of nitrogen functional groups attached to an aromatic ring is 1. The molecule has 3 N–H and O–H groups in total. The van der Waals surface area contributed by atoms with Crippen LogP contribution in [0.4, 0.5) is 16.6 Å². The number of ketones is 1. The Morgan fingerprint density at radius 3 is 2.66 bits per heavy atom. The van der Waals surface area contributed by atoms with E-state index >= 15 is 0 Å². The van der Waals surface area contributed by atoms with Crippen molar-refractivity contribution < 1.29 is 4.79 Å². The SMILES string of the molecule is Cc1cccc(Nc2nnc(SCC(=O)c3c(N)n(CC(C)C)c(=O)n(C)c3=O)s2)c1C. The molecule has 1 aromatic carbocycles. The minimum absolute atomic E-state index is 0.0442. The Hall–Kier alpha value is -2.92. The van der Waals surface area contributed by atoms with E-state index in [2.05, 4.69) is 15.5 Å². The number of benzene rings is 1. The standard InChI is InChI=1S/C21H26N6O3S2/c1-11(2)9-27-17(22)16(18(29)26(5)21(27)30)15(28)10-31-20-25-24-19(32-20)23-14-8-6-7-12(3)13(14)4/h6-8,11H,9-10,22H2,1-5H3,(H,23,24). The third-order valence-electron chi connectivity index (χ3n) is 4.99. The number of carbonyl (C=O) groups is 1. The van der Waals surface area contributed by atoms with Gasteiger partial charge in [0.15, 0.2) is 10.1 Å². The van der Waals surface area contributed by atoms with E-state index in [0.717, 1.165) is 21.4 Å². The van der Waals surface area contributed by atoms with Crippen molar-refractivity contribution in [2.24, 2.45) is 13.0 Å². The summed E-state index contributed by atoms with van der Waals surface area (Å²) in [6.45, 7) is 8.22. The third-order valence-corrected chi connectivity index (χ3v) is 6.96. The molecule has 9 nitrogen and oxygen atoms in total. The van der Waals surface area contributed by atoms with Crippen molar-refractivity contribution in [3.63, 3.8) is 0 Å². The molecule has 0 amide bonds. The highest BCUT2D eigenvalue weighted by Crippen LogP contribution is 2.29. The van der Waals surface area contributed by atoms with Crippen molar-refractivity contribution in [2.45, 2.75) is 38.6 Å². The topological polar surface area (TPSA) is 125 Å². The van der Waals surface area contributed by atoms with Gasteiger partial charge in [0.25, 0.3) is 5.56 Å². The first-order chi connectivity index (χ1) is 15.1. The van der Waals surface area contributed by atoms with Gasteiger partial charge in [0, 0.05) is 19.3 Å². The molecule has 32 heavy (non-hydrogen) atoms. The highest BCUT2D eigenvalue weighted by Gasteiger charge is 2.22. The first kappa shape index (κ1) is 23.7. The highest BCUT2D eigenvalue weighted by molar-refractivity contribution is 8.01. The van der Waals surface area contributed by atoms with Crippen molar-refractivity contribution in [3.05, 3.63) is 55.7 Å². The summed E-state index contributed by atoms with van der Waals surface area (Å²) in [4.78, 5) is 37.8. The number of aromatic nitrogens is 4. The monoisotopic (exact) mass is 474 g/mol. The summed E-state index contributed by atoms with van der Waals surface area (Å²) in [5, 5.41) is 12.1. The maximum atomic E-state index is 12.9. The van der Waals surface area contributed by atoms with Crippen LogP contribution in [0, 0.1) is 19.8 Å². The molecule has 0 spiro atoms. The predicted molar refractivity (Wildman–Crippen MR) is 129 cm³/mol. The number of anilines is 3. The molecule has 0 aliphatic carbocycles. The van der Waals surface area contributed by atoms with E-state index in [9.17, 15) is 14.4 Å². The van der Waals surface area contributed by atoms with E-state index in [1.165, 1.54) is 34.7 Å². The number of rotatable bonds is 8. The van der Waals surface area contributed by atoms with Gasteiger partial charge in [0.05, 0.1) is 5.75 Å². The number of Topliss-reactive ketones (excluding diaryl/α,β-unsaturated/α-hetero) is 1. The lowest BCUT2D eigenvalue weighted by molar-refractivity contribution is 0.102. The van der Waals surface area contributed by atoms with E-state index in [1.807, 2.05) is 45.9 Å². The third kappa shape index (κ3) is 4.94. The molecule has 0 atom stereocenters. The lowest BCUT2D eigenvalue weighted by Gasteiger charge is -2.15. The number of hydrogen-bond acceptors (Lipinski definition) is 9. The Labute approximate surface area is 193 Å². The fraction of sp³-hybridized carbons (Fsp3) is 0.381. The number of thioether (sulfide) groups is 1. The summed E-state index contributed by atoms with van der Waals surface area (Å²) in [5.41, 5.74) is 7.91. The van der Waals surface area contributed by atoms with E-state index < -0.39 is 17.0 Å². The van der Waals surface area contributed by atoms with Crippen molar-refractivity contribution in [1.82, 2.24) is 19.3 Å². The van der Waals surface area contributed by atoms with Crippen molar-refractivity contribution in [1.29, 1.82) is 0 Å². The highest BCUT2D eigenvalue weighted by atomic mass is 32.2. The smallest absolute Gasteiger partial charge is 0.332 e. The van der Waals surface area contributed by atoms with Crippen LogP contribution in [0.25, 0.3) is 0 Å². The molecule has 0 bridgehead atoms. The largest absolute Gasteiger partial charge is 0.384 e. The van der Waals surface area contributed by atoms with E-state index in [1.54, 1.807) is 0 Å². The summed E-state index contributed by atoms with van der Waals surface area (Å²) in [6, 6.07) is 5.96. The van der Waals surface area contributed by atoms with Crippen LogP contribution in [-0.2, 0) is 13.6 Å². The van der Waals surface area contributed by atoms with Crippen LogP contribution in [0.5, 0.6) is 0 Å². The molecule has 0 fully saturated rings. The van der Waals surface area contributed by atoms with Crippen LogP contribution in [0.2, 0.25) is 0 Å². The number of nitrogens with one attached hydrogen (secondary N) is 1.